The third-order valence-corrected chi connectivity index (χ3v) is 4.43. The van der Waals surface area contributed by atoms with Crippen LogP contribution in [0.2, 0.25) is 0 Å². The monoisotopic (exact) mass is 341 g/mol. The number of hydrogen-bond donors (Lipinski definition) is 1. The minimum atomic E-state index is 0.144. The van der Waals surface area contributed by atoms with Crippen molar-refractivity contribution in [2.75, 3.05) is 26.6 Å². The molecule has 2 aromatic carbocycles. The smallest absolute Gasteiger partial charge is 0.157 e. The lowest BCUT2D eigenvalue weighted by atomic mass is 9.93. The molecule has 1 aliphatic rings. The molecule has 132 valence electrons. The van der Waals surface area contributed by atoms with Crippen molar-refractivity contribution in [3.63, 3.8) is 0 Å². The molecular formula is C20H23NO4. The fourth-order valence-electron chi connectivity index (χ4n) is 3.39. The van der Waals surface area contributed by atoms with Gasteiger partial charge < -0.3 is 19.5 Å². The number of carbonyl (C=O) groups is 1. The summed E-state index contributed by atoms with van der Waals surface area (Å²) in [7, 11) is 4.89. The zero-order valence-corrected chi connectivity index (χ0v) is 15.0. The first kappa shape index (κ1) is 17.1. The van der Waals surface area contributed by atoms with Gasteiger partial charge in [-0.3, -0.25) is 4.79 Å². The number of allylic oxidation sites excluding steroid dienone is 2. The molecule has 0 saturated heterocycles. The van der Waals surface area contributed by atoms with Crippen molar-refractivity contribution in [3.05, 3.63) is 36.0 Å². The number of benzene rings is 2. The maximum atomic E-state index is 11.9. The minimum absolute atomic E-state index is 0.144. The Morgan fingerprint density at radius 3 is 2.44 bits per heavy atom. The number of hydrogen-bond acceptors (Lipinski definition) is 5. The van der Waals surface area contributed by atoms with Gasteiger partial charge in [0.25, 0.3) is 0 Å². The van der Waals surface area contributed by atoms with Gasteiger partial charge in [0.1, 0.15) is 11.5 Å². The Balaban J connectivity index is 2.16. The summed E-state index contributed by atoms with van der Waals surface area (Å²) in [6, 6.07) is 7.67. The van der Waals surface area contributed by atoms with E-state index in [1.807, 2.05) is 24.3 Å². The second-order valence-corrected chi connectivity index (χ2v) is 6.32. The summed E-state index contributed by atoms with van der Waals surface area (Å²) >= 11 is 0. The standard InChI is InChI=1S/C20H23NO4/c1-12-8-13(10-14(22)9-12)21-16-11-18(24-3)15-6-5-7-17(23-2)19(15)20(16)25-4/h5-7,10-12,21H,8-9H2,1-4H3. The normalized spacial score (nSPS) is 17.2. The third-order valence-electron chi connectivity index (χ3n) is 4.43. The van der Waals surface area contributed by atoms with Crippen LogP contribution in [-0.4, -0.2) is 27.1 Å². The summed E-state index contributed by atoms with van der Waals surface area (Å²) in [5, 5.41) is 5.11. The van der Waals surface area contributed by atoms with Gasteiger partial charge in [-0.1, -0.05) is 19.1 Å². The van der Waals surface area contributed by atoms with Crippen molar-refractivity contribution in [3.8, 4) is 17.2 Å². The van der Waals surface area contributed by atoms with E-state index in [2.05, 4.69) is 12.2 Å². The predicted molar refractivity (Wildman–Crippen MR) is 98.7 cm³/mol. The van der Waals surface area contributed by atoms with E-state index < -0.39 is 0 Å². The van der Waals surface area contributed by atoms with Gasteiger partial charge in [-0.25, -0.2) is 0 Å². The van der Waals surface area contributed by atoms with Crippen LogP contribution in [0, 0.1) is 5.92 Å². The van der Waals surface area contributed by atoms with Crippen molar-refractivity contribution < 1.29 is 19.0 Å². The average molecular weight is 341 g/mol. The lowest BCUT2D eigenvalue weighted by Crippen LogP contribution is -2.16. The Bertz CT molecular complexity index is 841. The topological polar surface area (TPSA) is 56.8 Å². The Morgan fingerprint density at radius 1 is 1.04 bits per heavy atom. The van der Waals surface area contributed by atoms with Gasteiger partial charge in [0, 0.05) is 29.6 Å². The molecule has 1 atom stereocenters. The van der Waals surface area contributed by atoms with Crippen LogP contribution >= 0.6 is 0 Å². The molecule has 0 aliphatic heterocycles. The molecule has 0 fully saturated rings. The number of nitrogens with one attached hydrogen (secondary N) is 1. The van der Waals surface area contributed by atoms with E-state index >= 15 is 0 Å². The minimum Gasteiger partial charge on any atom is -0.496 e. The molecule has 5 heteroatoms. The second-order valence-electron chi connectivity index (χ2n) is 6.32. The first-order valence-corrected chi connectivity index (χ1v) is 8.29. The molecular weight excluding hydrogens is 318 g/mol. The zero-order chi connectivity index (χ0) is 18.0. The number of carbonyl (C=O) groups excluding carboxylic acids is 1. The van der Waals surface area contributed by atoms with Crippen molar-refractivity contribution in [1.29, 1.82) is 0 Å². The molecule has 0 bridgehead atoms. The van der Waals surface area contributed by atoms with Crippen molar-refractivity contribution in [2.45, 2.75) is 19.8 Å². The molecule has 0 amide bonds. The maximum absolute atomic E-state index is 11.9. The van der Waals surface area contributed by atoms with Gasteiger partial charge >= 0.3 is 0 Å². The molecule has 0 spiro atoms. The molecule has 1 N–H and O–H groups in total. The lowest BCUT2D eigenvalue weighted by molar-refractivity contribution is -0.115. The van der Waals surface area contributed by atoms with Crippen molar-refractivity contribution >= 4 is 22.2 Å². The number of anilines is 1. The van der Waals surface area contributed by atoms with Crippen LogP contribution in [0.15, 0.2) is 36.0 Å². The summed E-state index contributed by atoms with van der Waals surface area (Å²) < 4.78 is 16.8. The van der Waals surface area contributed by atoms with Gasteiger partial charge in [-0.2, -0.15) is 0 Å². The summed E-state index contributed by atoms with van der Waals surface area (Å²) in [4.78, 5) is 11.9. The van der Waals surface area contributed by atoms with E-state index in [4.69, 9.17) is 14.2 Å². The predicted octanol–water partition coefficient (Wildman–Crippen LogP) is 4.16. The number of ketones is 1. The SMILES string of the molecule is COc1cc(NC2=CC(=O)CC(C)C2)c(OC)c2c(OC)cccc12. The quantitative estimate of drug-likeness (QED) is 0.885. The van der Waals surface area contributed by atoms with Gasteiger partial charge in [-0.15, -0.1) is 0 Å². The van der Waals surface area contributed by atoms with Crippen LogP contribution in [0.1, 0.15) is 19.8 Å². The fraction of sp³-hybridized carbons (Fsp3) is 0.350. The van der Waals surface area contributed by atoms with Crippen LogP contribution in [0.3, 0.4) is 0 Å². The highest BCUT2D eigenvalue weighted by Gasteiger charge is 2.21. The zero-order valence-electron chi connectivity index (χ0n) is 15.0. The Labute approximate surface area is 147 Å². The van der Waals surface area contributed by atoms with E-state index in [1.54, 1.807) is 27.4 Å². The molecule has 0 aromatic heterocycles. The Hall–Kier alpha value is -2.69. The highest BCUT2D eigenvalue weighted by atomic mass is 16.5. The Morgan fingerprint density at radius 2 is 1.80 bits per heavy atom. The molecule has 1 aliphatic carbocycles. The first-order chi connectivity index (χ1) is 12.1. The largest absolute Gasteiger partial charge is 0.496 e. The van der Waals surface area contributed by atoms with Crippen LogP contribution in [0.25, 0.3) is 10.8 Å². The first-order valence-electron chi connectivity index (χ1n) is 8.29. The molecule has 0 saturated carbocycles. The van der Waals surface area contributed by atoms with E-state index in [-0.39, 0.29) is 5.78 Å². The van der Waals surface area contributed by atoms with E-state index in [0.29, 0.717) is 29.6 Å². The van der Waals surface area contributed by atoms with E-state index in [9.17, 15) is 4.79 Å². The molecule has 5 nitrogen and oxygen atoms in total. The van der Waals surface area contributed by atoms with Crippen molar-refractivity contribution in [2.24, 2.45) is 5.92 Å². The molecule has 1 unspecified atom stereocenters. The van der Waals surface area contributed by atoms with Gasteiger partial charge in [-0.05, 0) is 18.4 Å². The number of methoxy groups -OCH3 is 3. The van der Waals surface area contributed by atoms with E-state index in [0.717, 1.165) is 28.6 Å². The lowest BCUT2D eigenvalue weighted by Gasteiger charge is -2.22. The van der Waals surface area contributed by atoms with Crippen LogP contribution in [0.4, 0.5) is 5.69 Å². The number of fused-ring (bicyclic) bond motifs is 1. The Kier molecular flexibility index (Phi) is 4.83. The molecule has 2 aromatic rings. The molecule has 25 heavy (non-hydrogen) atoms. The molecule has 0 heterocycles. The summed E-state index contributed by atoms with van der Waals surface area (Å²) in [6.45, 7) is 2.08. The highest BCUT2D eigenvalue weighted by Crippen LogP contribution is 2.45. The second kappa shape index (κ2) is 7.05. The molecule has 0 radical (unpaired) electrons. The third kappa shape index (κ3) is 3.27. The van der Waals surface area contributed by atoms with Crippen molar-refractivity contribution in [1.82, 2.24) is 0 Å². The molecule has 3 rings (SSSR count). The fourth-order valence-corrected chi connectivity index (χ4v) is 3.39. The van der Waals surface area contributed by atoms with E-state index in [1.165, 1.54) is 0 Å². The summed E-state index contributed by atoms with van der Waals surface area (Å²) in [5.41, 5.74) is 1.64. The van der Waals surface area contributed by atoms with Crippen LogP contribution in [-0.2, 0) is 4.79 Å². The maximum Gasteiger partial charge on any atom is 0.157 e. The van der Waals surface area contributed by atoms with Gasteiger partial charge in [0.15, 0.2) is 11.5 Å². The van der Waals surface area contributed by atoms with Gasteiger partial charge in [0.05, 0.1) is 32.4 Å². The highest BCUT2D eigenvalue weighted by molar-refractivity contribution is 6.02. The number of ether oxygens (including phenoxy) is 3. The van der Waals surface area contributed by atoms with Gasteiger partial charge in [0.2, 0.25) is 0 Å². The van der Waals surface area contributed by atoms with Crippen LogP contribution in [0.5, 0.6) is 17.2 Å². The van der Waals surface area contributed by atoms with Crippen LogP contribution < -0.4 is 19.5 Å². The number of rotatable bonds is 5. The summed E-state index contributed by atoms with van der Waals surface area (Å²) in [6.07, 6.45) is 3.09. The average Bonchev–Trinajstić information content (AvgIpc) is 2.59. The summed E-state index contributed by atoms with van der Waals surface area (Å²) in [5.74, 6) is 2.56.